The third-order valence-electron chi connectivity index (χ3n) is 6.93. The van der Waals surface area contributed by atoms with Crippen molar-refractivity contribution in [2.24, 2.45) is 7.05 Å². The number of rotatable bonds is 5. The molecule has 0 saturated carbocycles. The topological polar surface area (TPSA) is 77.6 Å². The monoisotopic (exact) mass is 532 g/mol. The van der Waals surface area contributed by atoms with E-state index >= 15 is 0 Å². The largest absolute Gasteiger partial charge is 0.416 e. The number of amides is 1. The number of pyridine rings is 1. The zero-order valence-corrected chi connectivity index (χ0v) is 22.2. The Morgan fingerprint density at radius 3 is 2.36 bits per heavy atom. The number of fused-ring (bicyclic) bond motifs is 1. The summed E-state index contributed by atoms with van der Waals surface area (Å²) < 4.78 is 42.9. The van der Waals surface area contributed by atoms with Gasteiger partial charge >= 0.3 is 6.18 Å². The first-order chi connectivity index (χ1) is 18.4. The summed E-state index contributed by atoms with van der Waals surface area (Å²) in [6.07, 6.45) is -4.43. The van der Waals surface area contributed by atoms with Crippen LogP contribution in [0.1, 0.15) is 44.3 Å². The quantitative estimate of drug-likeness (QED) is 0.285. The van der Waals surface area contributed by atoms with Gasteiger partial charge in [-0.1, -0.05) is 30.3 Å². The van der Waals surface area contributed by atoms with Crippen molar-refractivity contribution in [2.75, 3.05) is 5.32 Å². The number of halogens is 3. The molecular formula is C29H27F3N6O. The Morgan fingerprint density at radius 2 is 1.67 bits per heavy atom. The molecule has 0 aliphatic rings. The van der Waals surface area contributed by atoms with Crippen LogP contribution in [0.4, 0.5) is 18.9 Å². The summed E-state index contributed by atoms with van der Waals surface area (Å²) in [6, 6.07) is 14.4. The molecule has 0 unspecified atom stereocenters. The summed E-state index contributed by atoms with van der Waals surface area (Å²) in [5.41, 5.74) is 5.85. The number of nitrogens with zero attached hydrogens (tertiary/aromatic N) is 5. The molecule has 0 fully saturated rings. The highest BCUT2D eigenvalue weighted by molar-refractivity contribution is 6.13. The van der Waals surface area contributed by atoms with E-state index in [4.69, 9.17) is 4.98 Å². The predicted octanol–water partition coefficient (Wildman–Crippen LogP) is 6.38. The second-order valence-electron chi connectivity index (χ2n) is 9.60. The number of alkyl halides is 3. The molecule has 3 heterocycles. The van der Waals surface area contributed by atoms with Gasteiger partial charge in [0.1, 0.15) is 0 Å². The lowest BCUT2D eigenvalue weighted by Crippen LogP contribution is -2.14. The minimum atomic E-state index is -4.43. The van der Waals surface area contributed by atoms with Crippen LogP contribution in [0.5, 0.6) is 0 Å². The average molecular weight is 533 g/mol. The van der Waals surface area contributed by atoms with E-state index < -0.39 is 11.7 Å². The molecule has 5 rings (SSSR count). The zero-order valence-electron chi connectivity index (χ0n) is 22.2. The van der Waals surface area contributed by atoms with Gasteiger partial charge in [0, 0.05) is 23.7 Å². The molecule has 0 aliphatic heterocycles. The minimum absolute atomic E-state index is 0.133. The normalized spacial score (nSPS) is 11.8. The van der Waals surface area contributed by atoms with Gasteiger partial charge in [0.2, 0.25) is 0 Å². The first kappa shape index (κ1) is 26.1. The molecule has 0 saturated heterocycles. The standard InChI is InChI=1S/C29H27F3N6O/c1-16-26(18(3)37(5)35-16)25-14-23(22-11-6-7-12-24(22)33-25)28(39)34-27-17(2)36-38(19(27)4)15-20-9-8-10-21(13-20)29(30,31)32/h6-14H,15H2,1-5H3,(H,34,39). The predicted molar refractivity (Wildman–Crippen MR) is 144 cm³/mol. The Hall–Kier alpha value is -4.47. The number of nitrogens with one attached hydrogen (secondary N) is 1. The first-order valence-electron chi connectivity index (χ1n) is 12.4. The van der Waals surface area contributed by atoms with Gasteiger partial charge in [-0.3, -0.25) is 14.2 Å². The highest BCUT2D eigenvalue weighted by atomic mass is 19.4. The minimum Gasteiger partial charge on any atom is -0.319 e. The van der Waals surface area contributed by atoms with Gasteiger partial charge in [-0.2, -0.15) is 23.4 Å². The van der Waals surface area contributed by atoms with Crippen LogP contribution in [-0.4, -0.2) is 30.5 Å². The number of para-hydroxylation sites is 1. The van der Waals surface area contributed by atoms with E-state index in [2.05, 4.69) is 15.5 Å². The van der Waals surface area contributed by atoms with Crippen molar-refractivity contribution in [3.05, 3.63) is 94.1 Å². The van der Waals surface area contributed by atoms with Gasteiger partial charge in [0.25, 0.3) is 5.91 Å². The van der Waals surface area contributed by atoms with Crippen molar-refractivity contribution in [3.63, 3.8) is 0 Å². The molecule has 3 aromatic heterocycles. The van der Waals surface area contributed by atoms with Crippen LogP contribution in [0.15, 0.2) is 54.6 Å². The van der Waals surface area contributed by atoms with Crippen LogP contribution < -0.4 is 5.32 Å². The fourth-order valence-corrected chi connectivity index (χ4v) is 4.87. The molecule has 10 heteroatoms. The zero-order chi connectivity index (χ0) is 28.1. The van der Waals surface area contributed by atoms with E-state index in [0.717, 1.165) is 29.1 Å². The summed E-state index contributed by atoms with van der Waals surface area (Å²) in [5, 5.41) is 12.7. The van der Waals surface area contributed by atoms with E-state index in [-0.39, 0.29) is 12.5 Å². The summed E-state index contributed by atoms with van der Waals surface area (Å²) in [4.78, 5) is 18.5. The molecule has 0 atom stereocenters. The summed E-state index contributed by atoms with van der Waals surface area (Å²) in [5.74, 6) is -0.334. The fraction of sp³-hybridized carbons (Fsp3) is 0.241. The Labute approximate surface area is 223 Å². The Balaban J connectivity index is 1.50. The molecule has 1 amide bonds. The van der Waals surface area contributed by atoms with Gasteiger partial charge < -0.3 is 5.32 Å². The Bertz CT molecular complexity index is 1730. The molecule has 5 aromatic rings. The van der Waals surface area contributed by atoms with Gasteiger partial charge in [-0.05, 0) is 57.5 Å². The van der Waals surface area contributed by atoms with Crippen molar-refractivity contribution in [2.45, 2.75) is 40.4 Å². The average Bonchev–Trinajstić information content (AvgIpc) is 3.30. The lowest BCUT2D eigenvalue weighted by Gasteiger charge is -2.12. The van der Waals surface area contributed by atoms with E-state index in [1.807, 2.05) is 45.2 Å². The SMILES string of the molecule is Cc1nn(Cc2cccc(C(F)(F)F)c2)c(C)c1NC(=O)c1cc(-c2c(C)nn(C)c2C)nc2ccccc12. The molecule has 200 valence electrons. The smallest absolute Gasteiger partial charge is 0.319 e. The number of aromatic nitrogens is 5. The lowest BCUT2D eigenvalue weighted by atomic mass is 10.0. The van der Waals surface area contributed by atoms with Gasteiger partial charge in [-0.15, -0.1) is 0 Å². The summed E-state index contributed by atoms with van der Waals surface area (Å²) >= 11 is 0. The molecule has 0 radical (unpaired) electrons. The highest BCUT2D eigenvalue weighted by Crippen LogP contribution is 2.32. The lowest BCUT2D eigenvalue weighted by molar-refractivity contribution is -0.137. The van der Waals surface area contributed by atoms with E-state index in [9.17, 15) is 18.0 Å². The summed E-state index contributed by atoms with van der Waals surface area (Å²) in [6.45, 7) is 7.53. The Morgan fingerprint density at radius 1 is 0.923 bits per heavy atom. The third kappa shape index (κ3) is 4.89. The maximum Gasteiger partial charge on any atom is 0.416 e. The van der Waals surface area contributed by atoms with Crippen molar-refractivity contribution < 1.29 is 18.0 Å². The molecule has 7 nitrogen and oxygen atoms in total. The number of aryl methyl sites for hydroxylation is 3. The van der Waals surface area contributed by atoms with E-state index in [1.54, 1.807) is 35.3 Å². The van der Waals surface area contributed by atoms with Crippen molar-refractivity contribution >= 4 is 22.5 Å². The van der Waals surface area contributed by atoms with Crippen LogP contribution in [-0.2, 0) is 19.8 Å². The van der Waals surface area contributed by atoms with E-state index in [1.165, 1.54) is 6.07 Å². The Kier molecular flexibility index (Phi) is 6.49. The highest BCUT2D eigenvalue weighted by Gasteiger charge is 2.30. The molecule has 39 heavy (non-hydrogen) atoms. The van der Waals surface area contributed by atoms with E-state index in [0.29, 0.717) is 44.8 Å². The number of anilines is 1. The van der Waals surface area contributed by atoms with Gasteiger partial charge in [0.05, 0.1) is 51.7 Å². The van der Waals surface area contributed by atoms with Gasteiger partial charge in [-0.25, -0.2) is 4.98 Å². The number of carbonyl (C=O) groups is 1. The first-order valence-corrected chi connectivity index (χ1v) is 12.4. The van der Waals surface area contributed by atoms with Crippen LogP contribution in [0.25, 0.3) is 22.2 Å². The van der Waals surface area contributed by atoms with Crippen molar-refractivity contribution in [1.82, 2.24) is 24.5 Å². The van der Waals surface area contributed by atoms with Crippen molar-refractivity contribution in [1.29, 1.82) is 0 Å². The number of benzene rings is 2. The van der Waals surface area contributed by atoms with Crippen LogP contribution >= 0.6 is 0 Å². The van der Waals surface area contributed by atoms with Crippen LogP contribution in [0.3, 0.4) is 0 Å². The van der Waals surface area contributed by atoms with Gasteiger partial charge in [0.15, 0.2) is 0 Å². The number of hydrogen-bond donors (Lipinski definition) is 1. The molecular weight excluding hydrogens is 505 g/mol. The fourth-order valence-electron chi connectivity index (χ4n) is 4.87. The molecule has 0 aliphatic carbocycles. The molecule has 0 bridgehead atoms. The third-order valence-corrected chi connectivity index (χ3v) is 6.93. The number of hydrogen-bond acceptors (Lipinski definition) is 4. The second kappa shape index (κ2) is 9.68. The molecule has 0 spiro atoms. The maximum atomic E-state index is 13.7. The number of carbonyl (C=O) groups excluding carboxylic acids is 1. The van der Waals surface area contributed by atoms with Crippen molar-refractivity contribution in [3.8, 4) is 11.3 Å². The molecule has 2 aromatic carbocycles. The van der Waals surface area contributed by atoms with Crippen LogP contribution in [0, 0.1) is 27.7 Å². The second-order valence-corrected chi connectivity index (χ2v) is 9.60. The summed E-state index contributed by atoms with van der Waals surface area (Å²) in [7, 11) is 1.86. The maximum absolute atomic E-state index is 13.7. The van der Waals surface area contributed by atoms with Crippen LogP contribution in [0.2, 0.25) is 0 Å². The molecule has 1 N–H and O–H groups in total.